The summed E-state index contributed by atoms with van der Waals surface area (Å²) in [5.74, 6) is 1.33. The highest BCUT2D eigenvalue weighted by molar-refractivity contribution is 5.99. The van der Waals surface area contributed by atoms with E-state index in [2.05, 4.69) is 30.9 Å². The van der Waals surface area contributed by atoms with Crippen LogP contribution in [0.15, 0.2) is 73.1 Å². The van der Waals surface area contributed by atoms with Crippen LogP contribution in [0.25, 0.3) is 11.3 Å². The number of alkyl halides is 3. The molecule has 8 nitrogen and oxygen atoms in total. The molecular weight excluding hydrogens is 473 g/mol. The molecule has 4 rings (SSSR count). The third kappa shape index (κ3) is 5.87. The first-order chi connectivity index (χ1) is 17.2. The van der Waals surface area contributed by atoms with Crippen LogP contribution in [0.2, 0.25) is 0 Å². The Morgan fingerprint density at radius 1 is 0.917 bits per heavy atom. The number of urea groups is 1. The van der Waals surface area contributed by atoms with Crippen LogP contribution in [-0.4, -0.2) is 28.0 Å². The van der Waals surface area contributed by atoms with Crippen molar-refractivity contribution in [2.24, 2.45) is 0 Å². The van der Waals surface area contributed by atoms with Gasteiger partial charge in [0.25, 0.3) is 0 Å². The molecule has 2 heterocycles. The molecule has 0 saturated carbocycles. The molecule has 0 bridgehead atoms. The Hall–Kier alpha value is -4.67. The molecule has 11 heteroatoms. The molecule has 0 unspecified atom stereocenters. The Morgan fingerprint density at radius 3 is 2.33 bits per heavy atom. The number of aromatic nitrogens is 3. The van der Waals surface area contributed by atoms with E-state index in [0.29, 0.717) is 34.5 Å². The van der Waals surface area contributed by atoms with Gasteiger partial charge >= 0.3 is 12.2 Å². The second-order valence-corrected chi connectivity index (χ2v) is 7.61. The van der Waals surface area contributed by atoms with Gasteiger partial charge in [-0.15, -0.1) is 0 Å². The largest absolute Gasteiger partial charge is 0.438 e. The maximum atomic E-state index is 12.7. The van der Waals surface area contributed by atoms with Gasteiger partial charge in [-0.3, -0.25) is 0 Å². The van der Waals surface area contributed by atoms with Crippen LogP contribution in [-0.2, 0) is 6.18 Å². The highest BCUT2D eigenvalue weighted by atomic mass is 19.4. The van der Waals surface area contributed by atoms with Gasteiger partial charge in [0.15, 0.2) is 0 Å². The number of nitrogens with one attached hydrogen (secondary N) is 3. The Labute approximate surface area is 204 Å². The predicted octanol–water partition coefficient (Wildman–Crippen LogP) is 6.34. The van der Waals surface area contributed by atoms with E-state index in [9.17, 15) is 18.0 Å². The van der Waals surface area contributed by atoms with Crippen LogP contribution in [0.5, 0.6) is 11.6 Å². The number of halogens is 3. The molecule has 0 spiro atoms. The van der Waals surface area contributed by atoms with Crippen LogP contribution >= 0.6 is 0 Å². The Kier molecular flexibility index (Phi) is 7.00. The molecule has 184 valence electrons. The van der Waals surface area contributed by atoms with Gasteiger partial charge < -0.3 is 20.7 Å². The van der Waals surface area contributed by atoms with E-state index < -0.39 is 17.8 Å². The minimum atomic E-state index is -4.44. The Morgan fingerprint density at radius 2 is 1.64 bits per heavy atom. The number of carbonyl (C=O) groups is 1. The molecule has 0 fully saturated rings. The molecule has 0 aliphatic heterocycles. The van der Waals surface area contributed by atoms with E-state index in [1.165, 1.54) is 12.1 Å². The van der Waals surface area contributed by atoms with E-state index in [1.54, 1.807) is 56.7 Å². The summed E-state index contributed by atoms with van der Waals surface area (Å²) in [4.78, 5) is 25.2. The minimum absolute atomic E-state index is 0.228. The molecule has 2 aromatic carbocycles. The van der Waals surface area contributed by atoms with Crippen molar-refractivity contribution in [3.8, 4) is 22.9 Å². The fraction of sp³-hybridized carbons (Fsp3) is 0.120. The molecule has 4 aromatic rings. The fourth-order valence-electron chi connectivity index (χ4n) is 3.28. The summed E-state index contributed by atoms with van der Waals surface area (Å²) in [6.45, 7) is 1.81. The summed E-state index contributed by atoms with van der Waals surface area (Å²) in [5.41, 5.74) is 1.93. The van der Waals surface area contributed by atoms with Crippen LogP contribution in [0.1, 0.15) is 11.1 Å². The van der Waals surface area contributed by atoms with Gasteiger partial charge in [-0.2, -0.15) is 13.2 Å². The van der Waals surface area contributed by atoms with Crippen molar-refractivity contribution in [3.05, 3.63) is 84.2 Å². The number of benzene rings is 2. The topological polar surface area (TPSA) is 101 Å². The quantitative estimate of drug-likeness (QED) is 0.289. The maximum absolute atomic E-state index is 12.7. The minimum Gasteiger partial charge on any atom is -0.438 e. The lowest BCUT2D eigenvalue weighted by Crippen LogP contribution is -2.19. The number of aryl methyl sites for hydroxylation is 1. The lowest BCUT2D eigenvalue weighted by molar-refractivity contribution is -0.137. The molecule has 2 amide bonds. The number of pyridine rings is 1. The number of hydrogen-bond donors (Lipinski definition) is 3. The standard InChI is InChI=1S/C25H21F3N6O2/c1-15-14-18(33-24(35)32-17-7-5-16(6-8-17)25(26,27)28)9-10-21(15)36-22-19(4-3-12-30-22)20-11-13-31-23(29-2)34-20/h3-14H,1-2H3,(H,29,31,34)(H2,32,33,35). The van der Waals surface area contributed by atoms with Crippen molar-refractivity contribution in [2.75, 3.05) is 23.0 Å². The van der Waals surface area contributed by atoms with Gasteiger partial charge in [-0.1, -0.05) is 0 Å². The number of anilines is 3. The zero-order chi connectivity index (χ0) is 25.7. The average Bonchev–Trinajstić information content (AvgIpc) is 2.86. The van der Waals surface area contributed by atoms with Gasteiger partial charge in [0.1, 0.15) is 5.75 Å². The first-order valence-corrected chi connectivity index (χ1v) is 10.7. The zero-order valence-electron chi connectivity index (χ0n) is 19.2. The molecular formula is C25H21F3N6O2. The molecule has 0 aliphatic rings. The summed E-state index contributed by atoms with van der Waals surface area (Å²) in [6, 6.07) is 14.0. The maximum Gasteiger partial charge on any atom is 0.416 e. The summed E-state index contributed by atoms with van der Waals surface area (Å²) in [6.07, 6.45) is -1.20. The van der Waals surface area contributed by atoms with Crippen LogP contribution in [0.3, 0.4) is 0 Å². The van der Waals surface area contributed by atoms with E-state index in [-0.39, 0.29) is 5.69 Å². The second kappa shape index (κ2) is 10.3. The summed E-state index contributed by atoms with van der Waals surface area (Å²) in [5, 5.41) is 8.04. The zero-order valence-corrected chi connectivity index (χ0v) is 19.2. The number of carbonyl (C=O) groups excluding carboxylic acids is 1. The highest BCUT2D eigenvalue weighted by Gasteiger charge is 2.30. The smallest absolute Gasteiger partial charge is 0.416 e. The highest BCUT2D eigenvalue weighted by Crippen LogP contribution is 2.33. The molecule has 0 radical (unpaired) electrons. The van der Waals surface area contributed by atoms with Crippen molar-refractivity contribution < 1.29 is 22.7 Å². The molecule has 0 atom stereocenters. The van der Waals surface area contributed by atoms with E-state index in [1.807, 2.05) is 6.07 Å². The molecule has 2 aromatic heterocycles. The van der Waals surface area contributed by atoms with E-state index >= 15 is 0 Å². The van der Waals surface area contributed by atoms with Crippen molar-refractivity contribution in [3.63, 3.8) is 0 Å². The van der Waals surface area contributed by atoms with Gasteiger partial charge in [-0.05, 0) is 73.2 Å². The number of ether oxygens (including phenoxy) is 1. The van der Waals surface area contributed by atoms with Gasteiger partial charge in [0, 0.05) is 30.8 Å². The van der Waals surface area contributed by atoms with Crippen molar-refractivity contribution in [2.45, 2.75) is 13.1 Å². The van der Waals surface area contributed by atoms with E-state index in [0.717, 1.165) is 17.7 Å². The van der Waals surface area contributed by atoms with Crippen LogP contribution in [0, 0.1) is 6.92 Å². The first-order valence-electron chi connectivity index (χ1n) is 10.7. The number of hydrogen-bond acceptors (Lipinski definition) is 6. The van der Waals surface area contributed by atoms with E-state index in [4.69, 9.17) is 4.74 Å². The molecule has 0 saturated heterocycles. The van der Waals surface area contributed by atoms with Gasteiger partial charge in [0.05, 0.1) is 16.8 Å². The average molecular weight is 494 g/mol. The fourth-order valence-corrected chi connectivity index (χ4v) is 3.28. The summed E-state index contributed by atoms with van der Waals surface area (Å²) >= 11 is 0. The third-order valence-electron chi connectivity index (χ3n) is 5.04. The van der Waals surface area contributed by atoms with Crippen molar-refractivity contribution in [1.82, 2.24) is 15.0 Å². The lowest BCUT2D eigenvalue weighted by Gasteiger charge is -2.14. The summed E-state index contributed by atoms with van der Waals surface area (Å²) < 4.78 is 44.1. The SMILES string of the molecule is CNc1nccc(-c2cccnc2Oc2ccc(NC(=O)Nc3ccc(C(F)(F)F)cc3)cc2C)n1. The van der Waals surface area contributed by atoms with Crippen molar-refractivity contribution >= 4 is 23.4 Å². The van der Waals surface area contributed by atoms with Crippen LogP contribution < -0.4 is 20.7 Å². The predicted molar refractivity (Wildman–Crippen MR) is 130 cm³/mol. The lowest BCUT2D eigenvalue weighted by atomic mass is 10.2. The number of rotatable bonds is 6. The van der Waals surface area contributed by atoms with Crippen LogP contribution in [0.4, 0.5) is 35.3 Å². The monoisotopic (exact) mass is 494 g/mol. The van der Waals surface area contributed by atoms with Crippen molar-refractivity contribution in [1.29, 1.82) is 0 Å². The third-order valence-corrected chi connectivity index (χ3v) is 5.04. The molecule has 3 N–H and O–H groups in total. The number of amides is 2. The molecule has 36 heavy (non-hydrogen) atoms. The van der Waals surface area contributed by atoms with Gasteiger partial charge in [-0.25, -0.2) is 19.7 Å². The van der Waals surface area contributed by atoms with Gasteiger partial charge in [0.2, 0.25) is 11.8 Å². The summed E-state index contributed by atoms with van der Waals surface area (Å²) in [7, 11) is 1.72. The normalized spacial score (nSPS) is 11.0. The second-order valence-electron chi connectivity index (χ2n) is 7.61. The first kappa shape index (κ1) is 24.5. The Bertz CT molecular complexity index is 1380. The molecule has 0 aliphatic carbocycles. The Balaban J connectivity index is 1.45. The number of nitrogens with zero attached hydrogens (tertiary/aromatic N) is 3.